The molecule has 2 amide bonds. The molecule has 1 aliphatic heterocycles. The van der Waals surface area contributed by atoms with E-state index < -0.39 is 6.09 Å². The number of fused-ring (bicyclic) bond motifs is 3. The molecular formula is C22H21N3O4. The lowest BCUT2D eigenvalue weighted by atomic mass is 10.0. The Kier molecular flexibility index (Phi) is 4.80. The Bertz CT molecular complexity index is 1120. The lowest BCUT2D eigenvalue weighted by Crippen LogP contribution is -2.30. The van der Waals surface area contributed by atoms with Crippen molar-refractivity contribution in [2.24, 2.45) is 0 Å². The van der Waals surface area contributed by atoms with Crippen molar-refractivity contribution in [2.75, 3.05) is 13.1 Å². The van der Waals surface area contributed by atoms with Crippen molar-refractivity contribution in [2.45, 2.75) is 19.9 Å². The third kappa shape index (κ3) is 3.35. The summed E-state index contributed by atoms with van der Waals surface area (Å²) in [6.07, 6.45) is 1.26. The molecule has 0 saturated carbocycles. The van der Waals surface area contributed by atoms with E-state index in [-0.39, 0.29) is 11.7 Å². The second-order valence-corrected chi connectivity index (χ2v) is 7.11. The lowest BCUT2D eigenvalue weighted by Gasteiger charge is -2.17. The Balaban J connectivity index is 1.75. The monoisotopic (exact) mass is 391 g/mol. The van der Waals surface area contributed by atoms with Crippen LogP contribution in [0.4, 0.5) is 4.79 Å². The number of carboxylic acid groups (broad SMARTS) is 1. The van der Waals surface area contributed by atoms with E-state index >= 15 is 0 Å². The minimum Gasteiger partial charge on any atom is -0.465 e. The highest BCUT2D eigenvalue weighted by Crippen LogP contribution is 2.38. The molecule has 3 heterocycles. The Hall–Kier alpha value is -3.61. The van der Waals surface area contributed by atoms with Crippen LogP contribution >= 0.6 is 0 Å². The zero-order valence-corrected chi connectivity index (χ0v) is 16.0. The molecule has 2 aromatic heterocycles. The van der Waals surface area contributed by atoms with Crippen LogP contribution in [0.3, 0.4) is 0 Å². The van der Waals surface area contributed by atoms with Gasteiger partial charge in [-0.1, -0.05) is 30.3 Å². The van der Waals surface area contributed by atoms with Crippen molar-refractivity contribution >= 4 is 23.3 Å². The number of ketones is 1. The number of amides is 2. The largest absolute Gasteiger partial charge is 0.465 e. The average molecular weight is 391 g/mol. The van der Waals surface area contributed by atoms with Gasteiger partial charge in [-0.15, -0.1) is 0 Å². The van der Waals surface area contributed by atoms with E-state index in [1.807, 2.05) is 40.8 Å². The number of benzene rings is 1. The predicted octanol–water partition coefficient (Wildman–Crippen LogP) is 3.42. The lowest BCUT2D eigenvalue weighted by molar-refractivity contribution is 0.0771. The fourth-order valence-corrected chi connectivity index (χ4v) is 3.90. The van der Waals surface area contributed by atoms with Gasteiger partial charge in [-0.2, -0.15) is 0 Å². The molecule has 0 radical (unpaired) electrons. The summed E-state index contributed by atoms with van der Waals surface area (Å²) in [5.74, 6) is -0.102. The molecule has 1 aliphatic rings. The van der Waals surface area contributed by atoms with Crippen LogP contribution in [0.15, 0.2) is 48.7 Å². The van der Waals surface area contributed by atoms with Crippen LogP contribution < -0.4 is 5.32 Å². The molecule has 148 valence electrons. The molecule has 29 heavy (non-hydrogen) atoms. The van der Waals surface area contributed by atoms with E-state index in [1.165, 1.54) is 6.92 Å². The summed E-state index contributed by atoms with van der Waals surface area (Å²) in [7, 11) is 0. The third-order valence-corrected chi connectivity index (χ3v) is 5.23. The van der Waals surface area contributed by atoms with Gasteiger partial charge in [-0.3, -0.25) is 9.59 Å². The maximum Gasteiger partial charge on any atom is 0.404 e. The van der Waals surface area contributed by atoms with Crippen LogP contribution in [0.1, 0.15) is 39.8 Å². The molecule has 1 aromatic carbocycles. The highest BCUT2D eigenvalue weighted by molar-refractivity contribution is 6.05. The molecule has 0 atom stereocenters. The summed E-state index contributed by atoms with van der Waals surface area (Å²) in [4.78, 5) is 37.3. The van der Waals surface area contributed by atoms with E-state index in [0.29, 0.717) is 37.3 Å². The number of hydrogen-bond donors (Lipinski definition) is 2. The van der Waals surface area contributed by atoms with Crippen molar-refractivity contribution < 1.29 is 19.5 Å². The van der Waals surface area contributed by atoms with Crippen LogP contribution in [0.2, 0.25) is 0 Å². The quantitative estimate of drug-likeness (QED) is 0.498. The van der Waals surface area contributed by atoms with Gasteiger partial charge in [0.05, 0.1) is 5.52 Å². The number of rotatable bonds is 6. The highest BCUT2D eigenvalue weighted by atomic mass is 16.4. The summed E-state index contributed by atoms with van der Waals surface area (Å²) in [5.41, 5.74) is 4.95. The Morgan fingerprint density at radius 3 is 2.62 bits per heavy atom. The van der Waals surface area contributed by atoms with Gasteiger partial charge in [-0.05, 0) is 31.0 Å². The molecule has 3 aromatic rings. The number of nitrogens with one attached hydrogen (secondary N) is 1. The van der Waals surface area contributed by atoms with Crippen molar-refractivity contribution in [3.63, 3.8) is 0 Å². The third-order valence-electron chi connectivity index (χ3n) is 5.23. The van der Waals surface area contributed by atoms with Crippen LogP contribution in [0.5, 0.6) is 0 Å². The second-order valence-electron chi connectivity index (χ2n) is 7.11. The first-order valence-electron chi connectivity index (χ1n) is 9.46. The number of Topliss-reactive ketones (excluding diaryl/α,β-unsaturated/α-hetero) is 1. The number of aromatic nitrogens is 1. The van der Waals surface area contributed by atoms with Crippen molar-refractivity contribution in [1.82, 2.24) is 14.6 Å². The van der Waals surface area contributed by atoms with Crippen molar-refractivity contribution in [1.29, 1.82) is 0 Å². The van der Waals surface area contributed by atoms with Gasteiger partial charge in [0.1, 0.15) is 5.69 Å². The summed E-state index contributed by atoms with van der Waals surface area (Å²) >= 11 is 0. The second kappa shape index (κ2) is 7.43. The van der Waals surface area contributed by atoms with Gasteiger partial charge in [0.2, 0.25) is 0 Å². The molecule has 0 aliphatic carbocycles. The molecule has 2 N–H and O–H groups in total. The van der Waals surface area contributed by atoms with Gasteiger partial charge < -0.3 is 19.7 Å². The number of pyridine rings is 1. The molecule has 0 spiro atoms. The van der Waals surface area contributed by atoms with Crippen LogP contribution in [0.25, 0.3) is 16.6 Å². The van der Waals surface area contributed by atoms with Gasteiger partial charge in [0.25, 0.3) is 5.91 Å². The maximum atomic E-state index is 13.1. The van der Waals surface area contributed by atoms with E-state index in [0.717, 1.165) is 22.2 Å². The molecule has 4 rings (SSSR count). The Morgan fingerprint density at radius 1 is 1.17 bits per heavy atom. The molecule has 0 unspecified atom stereocenters. The Labute approximate surface area is 167 Å². The number of carbonyl (C=O) groups excluding carboxylic acids is 2. The molecule has 0 saturated heterocycles. The normalized spacial score (nSPS) is 13.0. The van der Waals surface area contributed by atoms with Crippen LogP contribution in [0, 0.1) is 0 Å². The minimum absolute atomic E-state index is 0.0215. The van der Waals surface area contributed by atoms with Crippen LogP contribution in [-0.2, 0) is 6.54 Å². The van der Waals surface area contributed by atoms with Gasteiger partial charge in [0, 0.05) is 42.5 Å². The van der Waals surface area contributed by atoms with E-state index in [9.17, 15) is 14.4 Å². The highest BCUT2D eigenvalue weighted by Gasteiger charge is 2.34. The first-order valence-corrected chi connectivity index (χ1v) is 9.46. The topological polar surface area (TPSA) is 91.1 Å². The van der Waals surface area contributed by atoms with E-state index in [2.05, 4.69) is 5.32 Å². The summed E-state index contributed by atoms with van der Waals surface area (Å²) in [5, 5.41) is 11.0. The van der Waals surface area contributed by atoms with E-state index in [1.54, 1.807) is 17.2 Å². The van der Waals surface area contributed by atoms with Gasteiger partial charge in [-0.25, -0.2) is 4.79 Å². The number of carbonyl (C=O) groups is 3. The summed E-state index contributed by atoms with van der Waals surface area (Å²) in [6.45, 7) is 2.76. The van der Waals surface area contributed by atoms with Gasteiger partial charge in [0.15, 0.2) is 5.78 Å². The SMILES string of the molecule is CC(=O)c1ccn2c3c(c(-c4ccccc4)c2c1)CN(CCCNC(=O)O)C3=O. The van der Waals surface area contributed by atoms with Crippen molar-refractivity contribution in [3.05, 3.63) is 65.5 Å². The standard InChI is InChI=1S/C22H21N3O4/c1-14(26)16-8-11-25-18(12-16)19(15-6-3-2-4-7-15)17-13-24(21(27)20(17)25)10-5-9-23-22(28)29/h2-4,6-8,11-12,23H,5,9-10,13H2,1H3,(H,28,29). The van der Waals surface area contributed by atoms with Crippen LogP contribution in [-0.4, -0.2) is 45.3 Å². The predicted molar refractivity (Wildman–Crippen MR) is 108 cm³/mol. The van der Waals surface area contributed by atoms with Gasteiger partial charge >= 0.3 is 6.09 Å². The molecule has 7 heteroatoms. The zero-order valence-electron chi connectivity index (χ0n) is 16.0. The van der Waals surface area contributed by atoms with E-state index in [4.69, 9.17) is 5.11 Å². The smallest absolute Gasteiger partial charge is 0.404 e. The molecule has 0 bridgehead atoms. The number of hydrogen-bond acceptors (Lipinski definition) is 3. The molecular weight excluding hydrogens is 370 g/mol. The average Bonchev–Trinajstić information content (AvgIpc) is 3.19. The number of nitrogens with zero attached hydrogens (tertiary/aromatic N) is 2. The molecule has 7 nitrogen and oxygen atoms in total. The summed E-state index contributed by atoms with van der Waals surface area (Å²) < 4.78 is 1.86. The molecule has 0 fully saturated rings. The fraction of sp³-hybridized carbons (Fsp3) is 0.227. The first-order chi connectivity index (χ1) is 14.0. The maximum absolute atomic E-state index is 13.1. The van der Waals surface area contributed by atoms with Crippen molar-refractivity contribution in [3.8, 4) is 11.1 Å². The Morgan fingerprint density at radius 2 is 1.93 bits per heavy atom. The summed E-state index contributed by atoms with van der Waals surface area (Å²) in [6, 6.07) is 13.4. The minimum atomic E-state index is -1.07. The zero-order chi connectivity index (χ0) is 20.5. The fourth-order valence-electron chi connectivity index (χ4n) is 3.90. The first kappa shape index (κ1) is 18.7.